The van der Waals surface area contributed by atoms with Gasteiger partial charge in [-0.3, -0.25) is 24.0 Å². The number of fused-ring (bicyclic) bond motifs is 3. The summed E-state index contributed by atoms with van der Waals surface area (Å²) in [5.41, 5.74) is -0.644. The van der Waals surface area contributed by atoms with Gasteiger partial charge in [0.1, 0.15) is 18.3 Å². The molecule has 4 rings (SSSR count). The van der Waals surface area contributed by atoms with E-state index in [0.29, 0.717) is 16.7 Å². The number of hydrogen-bond acceptors (Lipinski definition) is 11. The lowest BCUT2D eigenvalue weighted by atomic mass is 9.48. The Bertz CT molecular complexity index is 1570. The number of allylic oxidation sites excluding steroid dienone is 1. The van der Waals surface area contributed by atoms with Crippen molar-refractivity contribution in [3.63, 3.8) is 0 Å². The van der Waals surface area contributed by atoms with Crippen LogP contribution in [-0.2, 0) is 52.5 Å². The lowest BCUT2D eigenvalue weighted by molar-refractivity contribution is -0.228. The molecule has 0 N–H and O–H groups in total. The quantitative estimate of drug-likeness (QED) is 0.170. The van der Waals surface area contributed by atoms with Gasteiger partial charge in [0, 0.05) is 58.4 Å². The number of rotatable bonds is 7. The average Bonchev–Trinajstić information content (AvgIpc) is 2.97. The van der Waals surface area contributed by atoms with E-state index in [0.717, 1.165) is 5.56 Å². The molecule has 1 aromatic rings. The van der Waals surface area contributed by atoms with Gasteiger partial charge in [-0.1, -0.05) is 57.7 Å². The first-order chi connectivity index (χ1) is 22.4. The van der Waals surface area contributed by atoms with Crippen molar-refractivity contribution in [3.05, 3.63) is 65.3 Å². The monoisotopic (exact) mass is 664 g/mol. The van der Waals surface area contributed by atoms with Crippen LogP contribution in [0.3, 0.4) is 0 Å². The van der Waals surface area contributed by atoms with Gasteiger partial charge in [0.2, 0.25) is 0 Å². The molecule has 0 saturated heterocycles. The molecule has 0 spiro atoms. The third-order valence-electron chi connectivity index (χ3n) is 10.0. The van der Waals surface area contributed by atoms with Gasteiger partial charge in [0.15, 0.2) is 18.0 Å². The van der Waals surface area contributed by atoms with Gasteiger partial charge in [-0.05, 0) is 40.7 Å². The Balaban J connectivity index is 1.98. The molecule has 2 bridgehead atoms. The van der Waals surface area contributed by atoms with E-state index in [9.17, 15) is 28.8 Å². The van der Waals surface area contributed by atoms with E-state index in [1.807, 2.05) is 44.2 Å². The first kappa shape index (κ1) is 36.3. The molecule has 3 aliphatic rings. The summed E-state index contributed by atoms with van der Waals surface area (Å²) in [6, 6.07) is 9.12. The molecule has 1 aromatic carbocycles. The topological polar surface area (TPSA) is 149 Å². The maximum atomic E-state index is 13.7. The molecule has 0 aliphatic heterocycles. The predicted octanol–water partition coefficient (Wildman–Crippen LogP) is 4.87. The third-order valence-corrected chi connectivity index (χ3v) is 10.0. The smallest absolute Gasteiger partial charge is 0.331 e. The predicted molar refractivity (Wildman–Crippen MR) is 173 cm³/mol. The highest BCUT2D eigenvalue weighted by molar-refractivity contribution is 5.97. The Labute approximate surface area is 280 Å². The molecule has 8 atom stereocenters. The molecular formula is C37H44O11. The fraction of sp³-hybridized carbons (Fsp3) is 0.514. The average molecular weight is 665 g/mol. The highest BCUT2D eigenvalue weighted by Gasteiger charge is 2.68. The van der Waals surface area contributed by atoms with Crippen molar-refractivity contribution in [1.82, 2.24) is 0 Å². The summed E-state index contributed by atoms with van der Waals surface area (Å²) in [7, 11) is 0. The number of Topliss-reactive ketones (excluding diaryl/α,β-unsaturated/α-hetero) is 1. The van der Waals surface area contributed by atoms with Crippen LogP contribution in [0.15, 0.2) is 59.7 Å². The summed E-state index contributed by atoms with van der Waals surface area (Å²) in [6.45, 7) is 16.2. The van der Waals surface area contributed by atoms with Gasteiger partial charge < -0.3 is 23.7 Å². The maximum Gasteiger partial charge on any atom is 0.331 e. The second-order valence-corrected chi connectivity index (χ2v) is 13.6. The van der Waals surface area contributed by atoms with Crippen molar-refractivity contribution in [2.45, 2.75) is 98.8 Å². The van der Waals surface area contributed by atoms with Gasteiger partial charge in [-0.25, -0.2) is 4.79 Å². The number of ether oxygens (including phenoxy) is 5. The Kier molecular flexibility index (Phi) is 10.5. The van der Waals surface area contributed by atoms with Gasteiger partial charge in [-0.15, -0.1) is 0 Å². The Morgan fingerprint density at radius 2 is 1.42 bits per heavy atom. The van der Waals surface area contributed by atoms with E-state index in [2.05, 4.69) is 6.58 Å². The molecule has 3 aliphatic carbocycles. The number of carbonyl (C=O) groups is 6. The van der Waals surface area contributed by atoms with Crippen molar-refractivity contribution in [2.24, 2.45) is 22.7 Å². The molecule has 2 saturated carbocycles. The van der Waals surface area contributed by atoms with E-state index in [1.54, 1.807) is 19.9 Å². The summed E-state index contributed by atoms with van der Waals surface area (Å²) in [6.07, 6.45) is -3.23. The maximum absolute atomic E-state index is 13.7. The first-order valence-corrected chi connectivity index (χ1v) is 15.9. The zero-order valence-corrected chi connectivity index (χ0v) is 28.7. The van der Waals surface area contributed by atoms with E-state index in [1.165, 1.54) is 33.8 Å². The summed E-state index contributed by atoms with van der Waals surface area (Å²) < 4.78 is 30.0. The normalized spacial score (nSPS) is 31.1. The molecule has 11 heteroatoms. The number of benzene rings is 1. The van der Waals surface area contributed by atoms with Gasteiger partial charge in [0.05, 0.1) is 5.41 Å². The molecule has 258 valence electrons. The lowest BCUT2D eigenvalue weighted by Crippen LogP contribution is -2.68. The van der Waals surface area contributed by atoms with Crippen LogP contribution in [0, 0.1) is 22.7 Å². The van der Waals surface area contributed by atoms with Crippen molar-refractivity contribution in [3.8, 4) is 0 Å². The summed E-state index contributed by atoms with van der Waals surface area (Å²) in [4.78, 5) is 78.0. The van der Waals surface area contributed by atoms with Crippen molar-refractivity contribution < 1.29 is 52.5 Å². The van der Waals surface area contributed by atoms with Crippen molar-refractivity contribution in [1.29, 1.82) is 0 Å². The Hall–Kier alpha value is -4.54. The number of carbonyl (C=O) groups excluding carboxylic acids is 6. The number of ketones is 1. The summed E-state index contributed by atoms with van der Waals surface area (Å²) in [5.74, 6) is -5.45. The minimum Gasteiger partial charge on any atom is -0.462 e. The molecule has 2 fully saturated rings. The van der Waals surface area contributed by atoms with Crippen LogP contribution in [0.4, 0.5) is 0 Å². The molecule has 0 heterocycles. The van der Waals surface area contributed by atoms with E-state index >= 15 is 0 Å². The molecule has 0 radical (unpaired) electrons. The van der Waals surface area contributed by atoms with Crippen LogP contribution in [-0.4, -0.2) is 66.1 Å². The number of hydrogen-bond donors (Lipinski definition) is 0. The highest BCUT2D eigenvalue weighted by Crippen LogP contribution is 2.61. The molecule has 0 amide bonds. The van der Waals surface area contributed by atoms with Crippen LogP contribution in [0.2, 0.25) is 0 Å². The SMILES string of the molecule is C=C1[C@@H](OC(=O)/C=C/c2ccccc2)C[C@H](OC(C)=O)[C@@]2(C)[C@@H](OC(C)=O)[C@H](OC(C)=O)C3=C(C)C(=O)C[C@@H]([C@@H](OC(C)=O)[C@H]12)C3(C)C. The molecule has 0 aromatic heterocycles. The van der Waals surface area contributed by atoms with Crippen molar-refractivity contribution >= 4 is 41.7 Å². The fourth-order valence-corrected chi connectivity index (χ4v) is 8.00. The molecule has 0 unspecified atom stereocenters. The highest BCUT2D eigenvalue weighted by atomic mass is 16.6. The first-order valence-electron chi connectivity index (χ1n) is 15.9. The lowest BCUT2D eigenvalue weighted by Gasteiger charge is -2.60. The Morgan fingerprint density at radius 1 is 0.833 bits per heavy atom. The molecule has 48 heavy (non-hydrogen) atoms. The standard InChI is InChI=1S/C37H44O11/c1-19-27(42)17-26-33(45-22(4)39)32-20(2)28(48-30(43)16-15-25-13-11-10-12-14-25)18-29(44-21(3)38)37(32,9)35(47-24(6)41)34(46-23(5)40)31(19)36(26,7)8/h10-16,26,28-29,32-35H,2,17-18H2,1,3-9H3/b16-15+/t26-,28-,29-,32-,33+,34+,35-,37+/m0/s1. The number of esters is 5. The van der Waals surface area contributed by atoms with Gasteiger partial charge in [0.25, 0.3) is 0 Å². The Morgan fingerprint density at radius 3 is 1.98 bits per heavy atom. The molecule has 11 nitrogen and oxygen atoms in total. The van der Waals surface area contributed by atoms with Crippen LogP contribution >= 0.6 is 0 Å². The molecular weight excluding hydrogens is 620 g/mol. The van der Waals surface area contributed by atoms with E-state index in [-0.39, 0.29) is 18.6 Å². The van der Waals surface area contributed by atoms with Crippen LogP contribution in [0.1, 0.15) is 73.8 Å². The van der Waals surface area contributed by atoms with E-state index < -0.39 is 83.0 Å². The largest absolute Gasteiger partial charge is 0.462 e. The zero-order valence-electron chi connectivity index (χ0n) is 28.7. The van der Waals surface area contributed by atoms with E-state index in [4.69, 9.17) is 23.7 Å². The van der Waals surface area contributed by atoms with Crippen LogP contribution in [0.5, 0.6) is 0 Å². The second kappa shape index (κ2) is 13.9. The van der Waals surface area contributed by atoms with Crippen molar-refractivity contribution in [2.75, 3.05) is 0 Å². The van der Waals surface area contributed by atoms with Gasteiger partial charge >= 0.3 is 29.8 Å². The zero-order chi connectivity index (χ0) is 35.7. The second-order valence-electron chi connectivity index (χ2n) is 13.6. The van der Waals surface area contributed by atoms with Crippen LogP contribution in [0.25, 0.3) is 6.08 Å². The fourth-order valence-electron chi connectivity index (χ4n) is 8.00. The summed E-state index contributed by atoms with van der Waals surface area (Å²) >= 11 is 0. The minimum atomic E-state index is -1.49. The third kappa shape index (κ3) is 7.00. The minimum absolute atomic E-state index is 0.0341. The van der Waals surface area contributed by atoms with Gasteiger partial charge in [-0.2, -0.15) is 0 Å². The van der Waals surface area contributed by atoms with Crippen LogP contribution < -0.4 is 0 Å². The summed E-state index contributed by atoms with van der Waals surface area (Å²) in [5, 5.41) is 0.